The highest BCUT2D eigenvalue weighted by atomic mass is 35.5. The van der Waals surface area contributed by atoms with Crippen LogP contribution in [-0.4, -0.2) is 20.2 Å². The Bertz CT molecular complexity index is 624. The number of benzene rings is 1. The van der Waals surface area contributed by atoms with Crippen molar-refractivity contribution in [3.63, 3.8) is 0 Å². The van der Waals surface area contributed by atoms with Crippen LogP contribution in [0.3, 0.4) is 0 Å². The lowest BCUT2D eigenvalue weighted by Crippen LogP contribution is -2.21. The van der Waals surface area contributed by atoms with Crippen LogP contribution in [0.25, 0.3) is 11.4 Å². The van der Waals surface area contributed by atoms with E-state index in [0.29, 0.717) is 16.8 Å². The zero-order valence-electron chi connectivity index (χ0n) is 12.2. The lowest BCUT2D eigenvalue weighted by atomic mass is 9.84. The van der Waals surface area contributed by atoms with Crippen molar-refractivity contribution in [3.8, 4) is 11.4 Å². The van der Waals surface area contributed by atoms with Gasteiger partial charge in [-0.15, -0.1) is 5.10 Å². The minimum atomic E-state index is 0.365. The van der Waals surface area contributed by atoms with Crippen LogP contribution in [0, 0.1) is 5.92 Å². The topological polar surface area (TPSA) is 69.6 Å². The summed E-state index contributed by atoms with van der Waals surface area (Å²) in [6, 6.07) is 5.82. The van der Waals surface area contributed by atoms with E-state index in [9.17, 15) is 0 Å². The van der Waals surface area contributed by atoms with Crippen molar-refractivity contribution < 1.29 is 0 Å². The zero-order valence-corrected chi connectivity index (χ0v) is 12.9. The predicted molar refractivity (Wildman–Crippen MR) is 84.0 cm³/mol. The van der Waals surface area contributed by atoms with Gasteiger partial charge in [-0.3, -0.25) is 0 Å². The molecule has 1 aromatic carbocycles. The second kappa shape index (κ2) is 6.02. The fourth-order valence-corrected chi connectivity index (χ4v) is 3.39. The van der Waals surface area contributed by atoms with Crippen LogP contribution in [-0.2, 0) is 0 Å². The first kappa shape index (κ1) is 14.3. The van der Waals surface area contributed by atoms with Crippen LogP contribution >= 0.6 is 11.6 Å². The summed E-state index contributed by atoms with van der Waals surface area (Å²) in [5, 5.41) is 12.9. The van der Waals surface area contributed by atoms with Crippen molar-refractivity contribution in [2.75, 3.05) is 5.73 Å². The Kier molecular flexibility index (Phi) is 4.10. The Hall–Kier alpha value is -1.62. The van der Waals surface area contributed by atoms with Gasteiger partial charge in [0.25, 0.3) is 0 Å². The number of rotatable bonds is 3. The molecule has 2 aromatic rings. The average Bonchev–Trinajstić information content (AvgIpc) is 2.96. The quantitative estimate of drug-likeness (QED) is 0.877. The molecular weight excluding hydrogens is 286 g/mol. The molecule has 0 aliphatic heterocycles. The van der Waals surface area contributed by atoms with E-state index in [1.165, 1.54) is 19.3 Å². The summed E-state index contributed by atoms with van der Waals surface area (Å²) >= 11 is 5.97. The van der Waals surface area contributed by atoms with Crippen molar-refractivity contribution in [1.29, 1.82) is 0 Å². The number of nitrogens with zero attached hydrogens (tertiary/aromatic N) is 4. The first-order chi connectivity index (χ1) is 10.2. The third kappa shape index (κ3) is 2.88. The molecule has 0 spiro atoms. The summed E-state index contributed by atoms with van der Waals surface area (Å²) in [7, 11) is 0. The number of anilines is 1. The van der Waals surface area contributed by atoms with E-state index in [2.05, 4.69) is 22.4 Å². The Morgan fingerprint density at radius 2 is 2.24 bits per heavy atom. The first-order valence-corrected chi connectivity index (χ1v) is 7.90. The Balaban J connectivity index is 1.93. The highest BCUT2D eigenvalue weighted by Crippen LogP contribution is 2.36. The van der Waals surface area contributed by atoms with E-state index in [-0.39, 0.29) is 0 Å². The van der Waals surface area contributed by atoms with E-state index < -0.39 is 0 Å². The van der Waals surface area contributed by atoms with Crippen molar-refractivity contribution in [1.82, 2.24) is 20.2 Å². The SMILES string of the molecule is CCC1CCCC(n2nnnc2-c2ccc(Cl)cc2N)C1. The summed E-state index contributed by atoms with van der Waals surface area (Å²) < 4.78 is 1.95. The number of nitrogen functional groups attached to an aromatic ring is 1. The molecule has 0 amide bonds. The molecule has 112 valence electrons. The normalized spacial score (nSPS) is 22.4. The van der Waals surface area contributed by atoms with E-state index in [1.54, 1.807) is 6.07 Å². The van der Waals surface area contributed by atoms with Crippen LogP contribution in [0.1, 0.15) is 45.1 Å². The van der Waals surface area contributed by atoms with Crippen LogP contribution < -0.4 is 5.73 Å². The van der Waals surface area contributed by atoms with Gasteiger partial charge in [0, 0.05) is 16.3 Å². The first-order valence-electron chi connectivity index (χ1n) is 7.52. The standard InChI is InChI=1S/C15H20ClN5/c1-2-10-4-3-5-12(8-10)21-15(18-19-20-21)13-7-6-11(16)9-14(13)17/h6-7,9-10,12H,2-5,8,17H2,1H3. The average molecular weight is 306 g/mol. The number of halogens is 1. The molecule has 1 aromatic heterocycles. The van der Waals surface area contributed by atoms with Gasteiger partial charge in [0.2, 0.25) is 0 Å². The van der Waals surface area contributed by atoms with Gasteiger partial charge in [0.05, 0.1) is 6.04 Å². The van der Waals surface area contributed by atoms with Crippen molar-refractivity contribution in [2.24, 2.45) is 5.92 Å². The van der Waals surface area contributed by atoms with E-state index >= 15 is 0 Å². The summed E-state index contributed by atoms with van der Waals surface area (Å²) in [5.41, 5.74) is 7.53. The molecule has 0 saturated heterocycles. The molecule has 1 saturated carbocycles. The summed E-state index contributed by atoms with van der Waals surface area (Å²) in [6.45, 7) is 2.25. The van der Waals surface area contributed by atoms with Gasteiger partial charge in [-0.25, -0.2) is 4.68 Å². The van der Waals surface area contributed by atoms with E-state index in [4.69, 9.17) is 17.3 Å². The predicted octanol–water partition coefficient (Wildman–Crippen LogP) is 3.72. The second-order valence-electron chi connectivity index (χ2n) is 5.77. The highest BCUT2D eigenvalue weighted by molar-refractivity contribution is 6.31. The molecule has 2 unspecified atom stereocenters. The van der Waals surface area contributed by atoms with Crippen molar-refractivity contribution >= 4 is 17.3 Å². The third-order valence-corrected chi connectivity index (χ3v) is 4.66. The summed E-state index contributed by atoms with van der Waals surface area (Å²) in [4.78, 5) is 0. The molecule has 3 rings (SSSR count). The molecule has 2 atom stereocenters. The fourth-order valence-electron chi connectivity index (χ4n) is 3.21. The van der Waals surface area contributed by atoms with Crippen molar-refractivity contribution in [2.45, 2.75) is 45.1 Å². The van der Waals surface area contributed by atoms with Crippen LogP contribution in [0.5, 0.6) is 0 Å². The van der Waals surface area contributed by atoms with Crippen molar-refractivity contribution in [3.05, 3.63) is 23.2 Å². The Morgan fingerprint density at radius 3 is 3.00 bits per heavy atom. The number of nitrogens with two attached hydrogens (primary N) is 1. The molecule has 6 heteroatoms. The molecule has 5 nitrogen and oxygen atoms in total. The van der Waals surface area contributed by atoms with E-state index in [0.717, 1.165) is 30.1 Å². The number of hydrogen-bond donors (Lipinski definition) is 1. The van der Waals surface area contributed by atoms with Crippen LogP contribution in [0.2, 0.25) is 5.02 Å². The number of hydrogen-bond acceptors (Lipinski definition) is 4. The lowest BCUT2D eigenvalue weighted by Gasteiger charge is -2.28. The molecule has 1 heterocycles. The van der Waals surface area contributed by atoms with Gasteiger partial charge in [-0.2, -0.15) is 0 Å². The molecule has 21 heavy (non-hydrogen) atoms. The molecule has 1 aliphatic rings. The molecule has 0 bridgehead atoms. The summed E-state index contributed by atoms with van der Waals surface area (Å²) in [6.07, 6.45) is 6.03. The second-order valence-corrected chi connectivity index (χ2v) is 6.21. The van der Waals surface area contributed by atoms with Gasteiger partial charge >= 0.3 is 0 Å². The van der Waals surface area contributed by atoms with Crippen LogP contribution in [0.15, 0.2) is 18.2 Å². The molecule has 0 radical (unpaired) electrons. The van der Waals surface area contributed by atoms with Gasteiger partial charge in [0.1, 0.15) is 0 Å². The Labute approximate surface area is 129 Å². The largest absolute Gasteiger partial charge is 0.398 e. The Morgan fingerprint density at radius 1 is 1.38 bits per heavy atom. The maximum absolute atomic E-state index is 6.07. The molecule has 1 fully saturated rings. The minimum absolute atomic E-state index is 0.365. The number of tetrazole rings is 1. The lowest BCUT2D eigenvalue weighted by molar-refractivity contribution is 0.246. The van der Waals surface area contributed by atoms with E-state index in [1.807, 2.05) is 16.8 Å². The minimum Gasteiger partial charge on any atom is -0.398 e. The fraction of sp³-hybridized carbons (Fsp3) is 0.533. The van der Waals surface area contributed by atoms with Gasteiger partial charge in [-0.05, 0) is 47.4 Å². The van der Waals surface area contributed by atoms with Gasteiger partial charge < -0.3 is 5.73 Å². The van der Waals surface area contributed by atoms with Gasteiger partial charge in [0.15, 0.2) is 5.82 Å². The van der Waals surface area contributed by atoms with Crippen LogP contribution in [0.4, 0.5) is 5.69 Å². The monoisotopic (exact) mass is 305 g/mol. The van der Waals surface area contributed by atoms with Gasteiger partial charge in [-0.1, -0.05) is 37.8 Å². The maximum Gasteiger partial charge on any atom is 0.184 e. The number of aromatic nitrogens is 4. The molecular formula is C15H20ClN5. The zero-order chi connectivity index (χ0) is 14.8. The highest BCUT2D eigenvalue weighted by Gasteiger charge is 2.26. The maximum atomic E-state index is 6.07. The molecule has 2 N–H and O–H groups in total. The smallest absolute Gasteiger partial charge is 0.184 e. The third-order valence-electron chi connectivity index (χ3n) is 4.43. The summed E-state index contributed by atoms with van der Waals surface area (Å²) in [5.74, 6) is 1.51. The molecule has 1 aliphatic carbocycles.